The van der Waals surface area contributed by atoms with E-state index in [1.807, 2.05) is 0 Å². The Hall–Kier alpha value is -1.43. The van der Waals surface area contributed by atoms with Gasteiger partial charge in [-0.15, -0.1) is 0 Å². The van der Waals surface area contributed by atoms with E-state index < -0.39 is 23.8 Å². The van der Waals surface area contributed by atoms with Crippen molar-refractivity contribution in [1.82, 2.24) is 4.98 Å². The number of carboxylic acid groups (broad SMARTS) is 1. The standard InChI is InChI=1S/C7H5ClF2N2O2/c8-2-1-3(6(9)10)12-5(4(2)11)7(13)14/h1,6H,11H2,(H,13,14). The molecule has 1 rings (SSSR count). The number of hydrogen-bond donors (Lipinski definition) is 2. The average Bonchev–Trinajstić information content (AvgIpc) is 2.08. The normalized spacial score (nSPS) is 10.6. The summed E-state index contributed by atoms with van der Waals surface area (Å²) in [5.41, 5.74) is 3.55. The molecule has 0 unspecified atom stereocenters. The lowest BCUT2D eigenvalue weighted by atomic mass is 10.2. The number of aromatic nitrogens is 1. The van der Waals surface area contributed by atoms with E-state index in [0.29, 0.717) is 0 Å². The number of aromatic carboxylic acids is 1. The van der Waals surface area contributed by atoms with Gasteiger partial charge in [0.05, 0.1) is 10.7 Å². The molecule has 0 aliphatic rings. The van der Waals surface area contributed by atoms with E-state index in [0.717, 1.165) is 6.07 Å². The minimum atomic E-state index is -2.88. The number of halogens is 3. The van der Waals surface area contributed by atoms with Crippen LogP contribution in [0, 0.1) is 0 Å². The smallest absolute Gasteiger partial charge is 0.356 e. The van der Waals surface area contributed by atoms with Gasteiger partial charge in [-0.2, -0.15) is 0 Å². The molecule has 76 valence electrons. The summed E-state index contributed by atoms with van der Waals surface area (Å²) in [7, 11) is 0. The monoisotopic (exact) mass is 222 g/mol. The Labute approximate surface area is 82.3 Å². The van der Waals surface area contributed by atoms with Crippen molar-refractivity contribution in [2.75, 3.05) is 5.73 Å². The second-order valence-electron chi connectivity index (χ2n) is 2.40. The molecule has 1 aromatic heterocycles. The first-order chi connectivity index (χ1) is 6.43. The highest BCUT2D eigenvalue weighted by Gasteiger charge is 2.18. The molecule has 0 spiro atoms. The lowest BCUT2D eigenvalue weighted by Crippen LogP contribution is -2.08. The van der Waals surface area contributed by atoms with Crippen LogP contribution in [0.15, 0.2) is 6.07 Å². The van der Waals surface area contributed by atoms with E-state index in [-0.39, 0.29) is 10.7 Å². The lowest BCUT2D eigenvalue weighted by molar-refractivity contribution is 0.0690. The minimum Gasteiger partial charge on any atom is -0.476 e. The molecule has 0 saturated carbocycles. The van der Waals surface area contributed by atoms with E-state index >= 15 is 0 Å². The Morgan fingerprint density at radius 3 is 2.64 bits per heavy atom. The highest BCUT2D eigenvalue weighted by atomic mass is 35.5. The van der Waals surface area contributed by atoms with E-state index in [4.69, 9.17) is 22.4 Å². The summed E-state index contributed by atoms with van der Waals surface area (Å²) in [6.07, 6.45) is -2.88. The summed E-state index contributed by atoms with van der Waals surface area (Å²) < 4.78 is 24.3. The van der Waals surface area contributed by atoms with Crippen molar-refractivity contribution in [1.29, 1.82) is 0 Å². The fourth-order valence-electron chi connectivity index (χ4n) is 0.817. The summed E-state index contributed by atoms with van der Waals surface area (Å²) in [6, 6.07) is 0.841. The molecule has 0 aliphatic carbocycles. The quantitative estimate of drug-likeness (QED) is 0.802. The van der Waals surface area contributed by atoms with Gasteiger partial charge in [0.2, 0.25) is 0 Å². The molecule has 0 aliphatic heterocycles. The van der Waals surface area contributed by atoms with Crippen LogP contribution in [-0.4, -0.2) is 16.1 Å². The Bertz CT molecular complexity index is 384. The maximum absolute atomic E-state index is 12.2. The van der Waals surface area contributed by atoms with Gasteiger partial charge in [-0.1, -0.05) is 11.6 Å². The first-order valence-corrected chi connectivity index (χ1v) is 3.78. The largest absolute Gasteiger partial charge is 0.476 e. The predicted octanol–water partition coefficient (Wildman–Crippen LogP) is 1.95. The van der Waals surface area contributed by atoms with Crippen molar-refractivity contribution in [3.05, 3.63) is 22.5 Å². The van der Waals surface area contributed by atoms with Gasteiger partial charge in [-0.3, -0.25) is 0 Å². The van der Waals surface area contributed by atoms with Crippen molar-refractivity contribution in [3.8, 4) is 0 Å². The Morgan fingerprint density at radius 1 is 1.64 bits per heavy atom. The number of carboxylic acids is 1. The van der Waals surface area contributed by atoms with Gasteiger partial charge in [-0.25, -0.2) is 18.6 Å². The van der Waals surface area contributed by atoms with Crippen LogP contribution in [-0.2, 0) is 0 Å². The number of nitrogens with zero attached hydrogens (tertiary/aromatic N) is 1. The van der Waals surface area contributed by atoms with Gasteiger partial charge < -0.3 is 10.8 Å². The third kappa shape index (κ3) is 1.90. The molecular weight excluding hydrogens is 218 g/mol. The first-order valence-electron chi connectivity index (χ1n) is 3.41. The summed E-state index contributed by atoms with van der Waals surface area (Å²) in [5.74, 6) is -1.49. The van der Waals surface area contributed by atoms with Crippen molar-refractivity contribution in [2.24, 2.45) is 0 Å². The van der Waals surface area contributed by atoms with Crippen molar-refractivity contribution in [3.63, 3.8) is 0 Å². The fraction of sp³-hybridized carbons (Fsp3) is 0.143. The van der Waals surface area contributed by atoms with Gasteiger partial charge in [0.1, 0.15) is 5.69 Å². The molecule has 0 saturated heterocycles. The van der Waals surface area contributed by atoms with Gasteiger partial charge in [0.25, 0.3) is 6.43 Å². The maximum atomic E-state index is 12.2. The topological polar surface area (TPSA) is 76.2 Å². The van der Waals surface area contributed by atoms with Crippen molar-refractivity contribution in [2.45, 2.75) is 6.43 Å². The second-order valence-corrected chi connectivity index (χ2v) is 2.80. The molecule has 7 heteroatoms. The van der Waals surface area contributed by atoms with E-state index in [1.165, 1.54) is 0 Å². The van der Waals surface area contributed by atoms with Gasteiger partial charge in [-0.05, 0) is 6.07 Å². The Kier molecular flexibility index (Phi) is 2.85. The molecule has 0 fully saturated rings. The summed E-state index contributed by atoms with van der Waals surface area (Å²) >= 11 is 5.45. The van der Waals surface area contributed by atoms with Crippen LogP contribution < -0.4 is 5.73 Å². The third-order valence-corrected chi connectivity index (χ3v) is 1.77. The molecule has 1 aromatic rings. The van der Waals surface area contributed by atoms with Gasteiger partial charge in [0.15, 0.2) is 5.69 Å². The molecule has 0 atom stereocenters. The van der Waals surface area contributed by atoms with Crippen LogP contribution >= 0.6 is 11.6 Å². The van der Waals surface area contributed by atoms with Gasteiger partial charge >= 0.3 is 5.97 Å². The molecule has 3 N–H and O–H groups in total. The van der Waals surface area contributed by atoms with Crippen molar-refractivity contribution < 1.29 is 18.7 Å². The second kappa shape index (κ2) is 3.75. The lowest BCUT2D eigenvalue weighted by Gasteiger charge is -2.05. The predicted molar refractivity (Wildman–Crippen MR) is 45.6 cm³/mol. The number of alkyl halides is 2. The molecule has 4 nitrogen and oxygen atoms in total. The number of nitrogens with two attached hydrogens (primary N) is 1. The molecule has 0 bridgehead atoms. The number of nitrogen functional groups attached to an aromatic ring is 1. The molecule has 1 heterocycles. The Balaban J connectivity index is 3.35. The Morgan fingerprint density at radius 2 is 2.21 bits per heavy atom. The molecule has 0 aromatic carbocycles. The molecule has 0 amide bonds. The van der Waals surface area contributed by atoms with Crippen LogP contribution in [0.2, 0.25) is 5.02 Å². The van der Waals surface area contributed by atoms with Gasteiger partial charge in [0, 0.05) is 0 Å². The number of pyridine rings is 1. The number of hydrogen-bond acceptors (Lipinski definition) is 3. The molecule has 0 radical (unpaired) electrons. The number of carbonyl (C=O) groups is 1. The highest BCUT2D eigenvalue weighted by molar-refractivity contribution is 6.33. The maximum Gasteiger partial charge on any atom is 0.356 e. The van der Waals surface area contributed by atoms with Crippen LogP contribution in [0.5, 0.6) is 0 Å². The highest BCUT2D eigenvalue weighted by Crippen LogP contribution is 2.27. The average molecular weight is 223 g/mol. The summed E-state index contributed by atoms with van der Waals surface area (Å²) in [4.78, 5) is 13.7. The number of anilines is 1. The zero-order valence-electron chi connectivity index (χ0n) is 6.67. The van der Waals surface area contributed by atoms with Crippen LogP contribution in [0.3, 0.4) is 0 Å². The van der Waals surface area contributed by atoms with Crippen LogP contribution in [0.25, 0.3) is 0 Å². The zero-order valence-corrected chi connectivity index (χ0v) is 7.42. The first kappa shape index (κ1) is 10.6. The molecular formula is C7H5ClF2N2O2. The van der Waals surface area contributed by atoms with Crippen molar-refractivity contribution >= 4 is 23.3 Å². The van der Waals surface area contributed by atoms with Crippen LogP contribution in [0.1, 0.15) is 22.6 Å². The number of rotatable bonds is 2. The van der Waals surface area contributed by atoms with E-state index in [9.17, 15) is 13.6 Å². The summed E-state index contributed by atoms with van der Waals surface area (Å²) in [6.45, 7) is 0. The SMILES string of the molecule is Nc1c(Cl)cc(C(F)F)nc1C(=O)O. The molecule has 14 heavy (non-hydrogen) atoms. The van der Waals surface area contributed by atoms with E-state index in [1.54, 1.807) is 0 Å². The van der Waals surface area contributed by atoms with Crippen LogP contribution in [0.4, 0.5) is 14.5 Å². The fourth-order valence-corrected chi connectivity index (χ4v) is 1.02. The zero-order chi connectivity index (χ0) is 10.9. The third-order valence-electron chi connectivity index (χ3n) is 1.45. The summed E-state index contributed by atoms with van der Waals surface area (Å²) in [5, 5.41) is 8.31. The minimum absolute atomic E-state index is 0.243. The van der Waals surface area contributed by atoms with E-state index in [2.05, 4.69) is 4.98 Å².